The summed E-state index contributed by atoms with van der Waals surface area (Å²) in [5.41, 5.74) is 3.88. The minimum absolute atomic E-state index is 0.712. The lowest BCUT2D eigenvalue weighted by atomic mass is 10.3. The number of amides is 1. The van der Waals surface area contributed by atoms with Gasteiger partial charge >= 0.3 is 6.18 Å². The third-order valence-corrected chi connectivity index (χ3v) is 1.75. The SMILES string of the molecule is CC(C(N)=O)n1cnc(C(F)(F)F)c1. The zero-order chi connectivity index (χ0) is 10.9. The molecule has 0 radical (unpaired) electrons. The average Bonchev–Trinajstić information content (AvgIpc) is 2.49. The summed E-state index contributed by atoms with van der Waals surface area (Å²) < 4.78 is 37.2. The second kappa shape index (κ2) is 3.32. The lowest BCUT2D eigenvalue weighted by Gasteiger charge is -2.07. The first-order valence-electron chi connectivity index (χ1n) is 3.72. The van der Waals surface area contributed by atoms with Crippen molar-refractivity contribution >= 4 is 5.91 Å². The molecule has 0 bridgehead atoms. The highest BCUT2D eigenvalue weighted by Gasteiger charge is 2.34. The van der Waals surface area contributed by atoms with Gasteiger partial charge in [-0.05, 0) is 6.92 Å². The molecule has 0 saturated carbocycles. The first kappa shape index (κ1) is 10.6. The smallest absolute Gasteiger partial charge is 0.368 e. The summed E-state index contributed by atoms with van der Waals surface area (Å²) in [4.78, 5) is 13.8. The van der Waals surface area contributed by atoms with E-state index < -0.39 is 23.8 Å². The molecule has 1 aromatic rings. The van der Waals surface area contributed by atoms with Crippen molar-refractivity contribution in [3.8, 4) is 0 Å². The van der Waals surface area contributed by atoms with Gasteiger partial charge in [-0.15, -0.1) is 0 Å². The number of hydrogen-bond donors (Lipinski definition) is 1. The van der Waals surface area contributed by atoms with Crippen LogP contribution in [0.3, 0.4) is 0 Å². The summed E-state index contributed by atoms with van der Waals surface area (Å²) in [6.45, 7) is 1.39. The van der Waals surface area contributed by atoms with Gasteiger partial charge in [0.25, 0.3) is 0 Å². The van der Waals surface area contributed by atoms with Gasteiger partial charge in [-0.1, -0.05) is 0 Å². The van der Waals surface area contributed by atoms with Gasteiger partial charge in [-0.25, -0.2) is 4.98 Å². The Morgan fingerprint density at radius 2 is 2.21 bits per heavy atom. The van der Waals surface area contributed by atoms with Crippen molar-refractivity contribution in [2.45, 2.75) is 19.1 Å². The standard InChI is InChI=1S/C7H8F3N3O/c1-4(6(11)14)13-2-5(12-3-13)7(8,9)10/h2-4H,1H3,(H2,11,14). The summed E-state index contributed by atoms with van der Waals surface area (Å²) in [5, 5.41) is 0. The lowest BCUT2D eigenvalue weighted by Crippen LogP contribution is -2.23. The quantitative estimate of drug-likeness (QED) is 0.784. The van der Waals surface area contributed by atoms with Crippen molar-refractivity contribution in [1.29, 1.82) is 0 Å². The van der Waals surface area contributed by atoms with E-state index in [1.807, 2.05) is 0 Å². The number of imidazole rings is 1. The molecule has 1 heterocycles. The highest BCUT2D eigenvalue weighted by atomic mass is 19.4. The van der Waals surface area contributed by atoms with E-state index in [0.29, 0.717) is 0 Å². The van der Waals surface area contributed by atoms with Gasteiger partial charge in [0.05, 0.1) is 6.33 Å². The Balaban J connectivity index is 2.94. The number of primary amides is 1. The van der Waals surface area contributed by atoms with Crippen LogP contribution < -0.4 is 5.73 Å². The third-order valence-electron chi connectivity index (χ3n) is 1.75. The molecule has 14 heavy (non-hydrogen) atoms. The lowest BCUT2D eigenvalue weighted by molar-refractivity contribution is -0.141. The monoisotopic (exact) mass is 207 g/mol. The molecule has 2 N–H and O–H groups in total. The number of hydrogen-bond acceptors (Lipinski definition) is 2. The number of nitrogens with two attached hydrogens (primary N) is 1. The molecule has 4 nitrogen and oxygen atoms in total. The van der Waals surface area contributed by atoms with Gasteiger partial charge in [0, 0.05) is 6.20 Å². The fourth-order valence-corrected chi connectivity index (χ4v) is 0.842. The Kier molecular flexibility index (Phi) is 2.50. The van der Waals surface area contributed by atoms with Crippen molar-refractivity contribution in [2.24, 2.45) is 5.73 Å². The number of rotatable bonds is 2. The van der Waals surface area contributed by atoms with E-state index in [9.17, 15) is 18.0 Å². The minimum Gasteiger partial charge on any atom is -0.368 e. The van der Waals surface area contributed by atoms with Crippen molar-refractivity contribution in [3.05, 3.63) is 18.2 Å². The van der Waals surface area contributed by atoms with Crippen molar-refractivity contribution in [1.82, 2.24) is 9.55 Å². The van der Waals surface area contributed by atoms with E-state index in [4.69, 9.17) is 5.73 Å². The van der Waals surface area contributed by atoms with Gasteiger partial charge < -0.3 is 10.3 Å². The molecular formula is C7H8F3N3O. The zero-order valence-corrected chi connectivity index (χ0v) is 7.25. The van der Waals surface area contributed by atoms with Crippen LogP contribution in [0.2, 0.25) is 0 Å². The van der Waals surface area contributed by atoms with Gasteiger partial charge in [0.15, 0.2) is 5.69 Å². The van der Waals surface area contributed by atoms with Crippen LogP contribution in [0.1, 0.15) is 18.7 Å². The first-order chi connectivity index (χ1) is 6.32. The van der Waals surface area contributed by atoms with E-state index in [0.717, 1.165) is 17.1 Å². The first-order valence-corrected chi connectivity index (χ1v) is 3.72. The maximum Gasteiger partial charge on any atom is 0.434 e. The molecule has 1 rings (SSSR count). The molecule has 0 saturated heterocycles. The van der Waals surface area contributed by atoms with Gasteiger partial charge in [0.2, 0.25) is 5.91 Å². The van der Waals surface area contributed by atoms with Crippen LogP contribution in [-0.4, -0.2) is 15.5 Å². The molecule has 7 heteroatoms. The number of halogens is 3. The van der Waals surface area contributed by atoms with Crippen LogP contribution >= 0.6 is 0 Å². The number of carbonyl (C=O) groups is 1. The van der Waals surface area contributed by atoms with E-state index >= 15 is 0 Å². The number of carbonyl (C=O) groups excluding carboxylic acids is 1. The van der Waals surface area contributed by atoms with Crippen molar-refractivity contribution in [2.75, 3.05) is 0 Å². The molecule has 1 unspecified atom stereocenters. The average molecular weight is 207 g/mol. The molecular weight excluding hydrogens is 199 g/mol. The Morgan fingerprint density at radius 3 is 2.57 bits per heavy atom. The van der Waals surface area contributed by atoms with Gasteiger partial charge in [-0.2, -0.15) is 13.2 Å². The van der Waals surface area contributed by atoms with Gasteiger partial charge in [-0.3, -0.25) is 4.79 Å². The Morgan fingerprint density at radius 1 is 1.64 bits per heavy atom. The Labute approximate surface area is 77.5 Å². The van der Waals surface area contributed by atoms with Crippen LogP contribution in [0.4, 0.5) is 13.2 Å². The van der Waals surface area contributed by atoms with Crippen LogP contribution in [0.5, 0.6) is 0 Å². The summed E-state index contributed by atoms with van der Waals surface area (Å²) >= 11 is 0. The van der Waals surface area contributed by atoms with Crippen LogP contribution in [0.25, 0.3) is 0 Å². The molecule has 0 aromatic carbocycles. The number of nitrogens with zero attached hydrogens (tertiary/aromatic N) is 2. The zero-order valence-electron chi connectivity index (χ0n) is 7.25. The molecule has 1 amide bonds. The van der Waals surface area contributed by atoms with Crippen LogP contribution in [0.15, 0.2) is 12.5 Å². The van der Waals surface area contributed by atoms with Crippen molar-refractivity contribution in [3.63, 3.8) is 0 Å². The summed E-state index contributed by atoms with van der Waals surface area (Å²) in [6, 6.07) is -0.835. The highest BCUT2D eigenvalue weighted by Crippen LogP contribution is 2.27. The molecule has 78 valence electrons. The molecule has 1 atom stereocenters. The molecule has 1 aromatic heterocycles. The van der Waals surface area contributed by atoms with E-state index in [-0.39, 0.29) is 0 Å². The molecule has 0 aliphatic carbocycles. The van der Waals surface area contributed by atoms with Crippen LogP contribution in [0, 0.1) is 0 Å². The predicted octanol–water partition coefficient (Wildman–Crippen LogP) is 0.948. The van der Waals surface area contributed by atoms with Gasteiger partial charge in [0.1, 0.15) is 6.04 Å². The largest absolute Gasteiger partial charge is 0.434 e. The highest BCUT2D eigenvalue weighted by molar-refractivity contribution is 5.77. The fourth-order valence-electron chi connectivity index (χ4n) is 0.842. The molecule has 0 spiro atoms. The Bertz CT molecular complexity index is 344. The molecule has 0 fully saturated rings. The topological polar surface area (TPSA) is 60.9 Å². The van der Waals surface area contributed by atoms with E-state index in [1.165, 1.54) is 6.92 Å². The predicted molar refractivity (Wildman–Crippen MR) is 41.1 cm³/mol. The fraction of sp³-hybridized carbons (Fsp3) is 0.429. The van der Waals surface area contributed by atoms with Crippen LogP contribution in [-0.2, 0) is 11.0 Å². The number of alkyl halides is 3. The number of aromatic nitrogens is 2. The van der Waals surface area contributed by atoms with E-state index in [1.54, 1.807) is 0 Å². The maximum absolute atomic E-state index is 12.1. The maximum atomic E-state index is 12.1. The molecule has 0 aliphatic heterocycles. The van der Waals surface area contributed by atoms with Crippen molar-refractivity contribution < 1.29 is 18.0 Å². The second-order valence-electron chi connectivity index (χ2n) is 2.78. The minimum atomic E-state index is -4.50. The normalized spacial score (nSPS) is 14.0. The summed E-state index contributed by atoms with van der Waals surface area (Å²) in [7, 11) is 0. The second-order valence-corrected chi connectivity index (χ2v) is 2.78. The third kappa shape index (κ3) is 2.04. The van der Waals surface area contributed by atoms with E-state index in [2.05, 4.69) is 4.98 Å². The summed E-state index contributed by atoms with van der Waals surface area (Å²) in [6.07, 6.45) is -2.82. The Hall–Kier alpha value is -1.53. The summed E-state index contributed by atoms with van der Waals surface area (Å²) in [5.74, 6) is -0.712. The molecule has 0 aliphatic rings.